The van der Waals surface area contributed by atoms with Gasteiger partial charge >= 0.3 is 6.18 Å². The van der Waals surface area contributed by atoms with Crippen LogP contribution in [0.1, 0.15) is 40.3 Å². The SMILES string of the molecule is CC1c2nnn(-c3ccsc3)c2CCN1C(=O)c1cccc(C(F)(F)F)c1Cl. The van der Waals surface area contributed by atoms with Crippen LogP contribution in [0.3, 0.4) is 0 Å². The number of hydrogen-bond donors (Lipinski definition) is 0. The molecule has 10 heteroatoms. The number of amides is 1. The minimum absolute atomic E-state index is 0.169. The largest absolute Gasteiger partial charge is 0.417 e. The Labute approximate surface area is 167 Å². The van der Waals surface area contributed by atoms with E-state index in [1.54, 1.807) is 11.6 Å². The first-order valence-corrected chi connectivity index (χ1v) is 9.75. The van der Waals surface area contributed by atoms with Crippen molar-refractivity contribution in [3.8, 4) is 5.69 Å². The van der Waals surface area contributed by atoms with Gasteiger partial charge in [-0.3, -0.25) is 4.79 Å². The number of aromatic nitrogens is 3. The maximum absolute atomic E-state index is 13.1. The first-order valence-electron chi connectivity index (χ1n) is 8.42. The zero-order valence-corrected chi connectivity index (χ0v) is 16.1. The average Bonchev–Trinajstić information content (AvgIpc) is 3.30. The second-order valence-corrected chi connectivity index (χ2v) is 7.56. The second kappa shape index (κ2) is 6.89. The van der Waals surface area contributed by atoms with Gasteiger partial charge in [0.25, 0.3) is 5.91 Å². The molecule has 1 atom stereocenters. The van der Waals surface area contributed by atoms with E-state index >= 15 is 0 Å². The fourth-order valence-corrected chi connectivity index (χ4v) is 4.30. The lowest BCUT2D eigenvalue weighted by atomic mass is 10.0. The van der Waals surface area contributed by atoms with E-state index in [2.05, 4.69) is 10.3 Å². The Morgan fingerprint density at radius 3 is 2.79 bits per heavy atom. The lowest BCUT2D eigenvalue weighted by Gasteiger charge is -2.33. The number of nitrogens with zero attached hydrogens (tertiary/aromatic N) is 4. The number of hydrogen-bond acceptors (Lipinski definition) is 4. The topological polar surface area (TPSA) is 51.0 Å². The van der Waals surface area contributed by atoms with Crippen LogP contribution in [0.2, 0.25) is 5.02 Å². The molecule has 1 amide bonds. The first kappa shape index (κ1) is 18.9. The summed E-state index contributed by atoms with van der Waals surface area (Å²) in [7, 11) is 0. The molecule has 0 bridgehead atoms. The van der Waals surface area contributed by atoms with Crippen LogP contribution in [-0.4, -0.2) is 32.3 Å². The van der Waals surface area contributed by atoms with E-state index < -0.39 is 28.7 Å². The summed E-state index contributed by atoms with van der Waals surface area (Å²) in [6.07, 6.45) is -4.14. The van der Waals surface area contributed by atoms with E-state index in [0.29, 0.717) is 18.7 Å². The normalized spacial score (nSPS) is 16.9. The van der Waals surface area contributed by atoms with Crippen molar-refractivity contribution in [3.05, 3.63) is 62.6 Å². The predicted octanol–water partition coefficient (Wildman–Crippen LogP) is 4.76. The van der Waals surface area contributed by atoms with Crippen molar-refractivity contribution in [1.82, 2.24) is 19.9 Å². The molecule has 1 aliphatic heterocycles. The molecular weight excluding hydrogens is 413 g/mol. The van der Waals surface area contributed by atoms with Crippen LogP contribution in [0.5, 0.6) is 0 Å². The third-order valence-electron chi connectivity index (χ3n) is 4.79. The van der Waals surface area contributed by atoms with Crippen molar-refractivity contribution < 1.29 is 18.0 Å². The van der Waals surface area contributed by atoms with Crippen LogP contribution < -0.4 is 0 Å². The molecule has 2 aromatic heterocycles. The first-order chi connectivity index (χ1) is 13.3. The number of rotatable bonds is 2. The van der Waals surface area contributed by atoms with Gasteiger partial charge in [0.15, 0.2) is 0 Å². The van der Waals surface area contributed by atoms with Crippen molar-refractivity contribution in [3.63, 3.8) is 0 Å². The predicted molar refractivity (Wildman–Crippen MR) is 98.8 cm³/mol. The third kappa shape index (κ3) is 3.08. The van der Waals surface area contributed by atoms with Crippen LogP contribution >= 0.6 is 22.9 Å². The molecule has 1 unspecified atom stereocenters. The molecule has 146 valence electrons. The van der Waals surface area contributed by atoms with Crippen molar-refractivity contribution in [2.24, 2.45) is 0 Å². The molecule has 3 heterocycles. The number of fused-ring (bicyclic) bond motifs is 1. The maximum atomic E-state index is 13.1. The number of benzene rings is 1. The van der Waals surface area contributed by atoms with Crippen LogP contribution in [-0.2, 0) is 12.6 Å². The highest BCUT2D eigenvalue weighted by molar-refractivity contribution is 7.08. The van der Waals surface area contributed by atoms with E-state index in [0.717, 1.165) is 17.4 Å². The molecule has 3 aromatic rings. The number of halogens is 4. The van der Waals surface area contributed by atoms with Crippen LogP contribution in [0.15, 0.2) is 35.0 Å². The Hall–Kier alpha value is -2.39. The molecule has 5 nitrogen and oxygen atoms in total. The molecule has 0 spiro atoms. The molecule has 4 rings (SSSR count). The van der Waals surface area contributed by atoms with Gasteiger partial charge in [-0.1, -0.05) is 22.9 Å². The molecular formula is C18H14ClF3N4OS. The summed E-state index contributed by atoms with van der Waals surface area (Å²) in [6.45, 7) is 2.11. The average molecular weight is 427 g/mol. The van der Waals surface area contributed by atoms with Crippen LogP contribution in [0.25, 0.3) is 5.69 Å². The fourth-order valence-electron chi connectivity index (χ4n) is 3.37. The van der Waals surface area contributed by atoms with Gasteiger partial charge in [-0.2, -0.15) is 24.5 Å². The Morgan fingerprint density at radius 1 is 1.32 bits per heavy atom. The number of carbonyl (C=O) groups excluding carboxylic acids is 1. The zero-order chi connectivity index (χ0) is 20.1. The summed E-state index contributed by atoms with van der Waals surface area (Å²) in [4.78, 5) is 14.5. The Morgan fingerprint density at radius 2 is 2.11 bits per heavy atom. The molecule has 0 N–H and O–H groups in total. The van der Waals surface area contributed by atoms with E-state index in [1.165, 1.54) is 28.4 Å². The van der Waals surface area contributed by atoms with E-state index in [4.69, 9.17) is 11.6 Å². The molecule has 0 saturated heterocycles. The van der Waals surface area contributed by atoms with Crippen LogP contribution in [0, 0.1) is 0 Å². The number of carbonyl (C=O) groups is 1. The molecule has 0 radical (unpaired) electrons. The van der Waals surface area contributed by atoms with Crippen molar-refractivity contribution in [2.75, 3.05) is 6.54 Å². The summed E-state index contributed by atoms with van der Waals surface area (Å²) in [5.74, 6) is -0.556. The lowest BCUT2D eigenvalue weighted by molar-refractivity contribution is -0.137. The van der Waals surface area contributed by atoms with Gasteiger partial charge in [-0.25, -0.2) is 4.68 Å². The summed E-state index contributed by atoms with van der Waals surface area (Å²) < 4.78 is 41.1. The number of alkyl halides is 3. The third-order valence-corrected chi connectivity index (χ3v) is 5.87. The quantitative estimate of drug-likeness (QED) is 0.593. The standard InChI is InChI=1S/C18H14ClF3N4OS/c1-10-16-14(26(24-23-16)11-6-8-28-9-11)5-7-25(10)17(27)12-3-2-4-13(15(12)19)18(20,21)22/h2-4,6,8-10H,5,7H2,1H3. The number of thiophene rings is 1. The maximum Gasteiger partial charge on any atom is 0.417 e. The van der Waals surface area contributed by atoms with Crippen molar-refractivity contribution >= 4 is 28.8 Å². The Balaban J connectivity index is 1.67. The Kier molecular flexibility index (Phi) is 4.67. The van der Waals surface area contributed by atoms with Gasteiger partial charge in [0, 0.05) is 18.3 Å². The van der Waals surface area contributed by atoms with Gasteiger partial charge in [0.1, 0.15) is 5.69 Å². The molecule has 1 aromatic carbocycles. The highest BCUT2D eigenvalue weighted by Crippen LogP contribution is 2.38. The van der Waals surface area contributed by atoms with E-state index in [-0.39, 0.29) is 5.56 Å². The summed E-state index contributed by atoms with van der Waals surface area (Å²) >= 11 is 7.47. The zero-order valence-electron chi connectivity index (χ0n) is 14.6. The second-order valence-electron chi connectivity index (χ2n) is 6.40. The van der Waals surface area contributed by atoms with E-state index in [9.17, 15) is 18.0 Å². The fraction of sp³-hybridized carbons (Fsp3) is 0.278. The summed E-state index contributed by atoms with van der Waals surface area (Å²) in [5.41, 5.74) is 1.23. The van der Waals surface area contributed by atoms with Gasteiger partial charge < -0.3 is 4.90 Å². The molecule has 0 saturated carbocycles. The van der Waals surface area contributed by atoms with E-state index in [1.807, 2.05) is 16.8 Å². The monoisotopic (exact) mass is 426 g/mol. The van der Waals surface area contributed by atoms with Crippen molar-refractivity contribution in [2.45, 2.75) is 25.6 Å². The van der Waals surface area contributed by atoms with Gasteiger partial charge in [-0.15, -0.1) is 5.10 Å². The summed E-state index contributed by atoms with van der Waals surface area (Å²) in [5, 5.41) is 11.7. The molecule has 28 heavy (non-hydrogen) atoms. The van der Waals surface area contributed by atoms with Gasteiger partial charge in [0.05, 0.1) is 33.6 Å². The highest BCUT2D eigenvalue weighted by Gasteiger charge is 2.37. The van der Waals surface area contributed by atoms with Crippen molar-refractivity contribution in [1.29, 1.82) is 0 Å². The smallest absolute Gasteiger partial charge is 0.330 e. The lowest BCUT2D eigenvalue weighted by Crippen LogP contribution is -2.39. The summed E-state index contributed by atoms with van der Waals surface area (Å²) in [6, 6.07) is 4.85. The van der Waals surface area contributed by atoms with Gasteiger partial charge in [-0.05, 0) is 30.5 Å². The van der Waals surface area contributed by atoms with Crippen LogP contribution in [0.4, 0.5) is 13.2 Å². The minimum atomic E-state index is -4.63. The molecule has 0 aliphatic carbocycles. The minimum Gasteiger partial charge on any atom is -0.330 e. The molecule has 0 fully saturated rings. The molecule has 1 aliphatic rings. The highest BCUT2D eigenvalue weighted by atomic mass is 35.5. The Bertz CT molecular complexity index is 1030. The van der Waals surface area contributed by atoms with Gasteiger partial charge in [0.2, 0.25) is 0 Å².